The third-order valence-corrected chi connectivity index (χ3v) is 5.42. The first-order valence-electron chi connectivity index (χ1n) is 10.3. The lowest BCUT2D eigenvalue weighted by Crippen LogP contribution is -2.45. The molecule has 1 fully saturated rings. The van der Waals surface area contributed by atoms with Crippen LogP contribution in [0.3, 0.4) is 0 Å². The minimum atomic E-state index is -4.68. The largest absolute Gasteiger partial charge is 0.478 e. The van der Waals surface area contributed by atoms with Crippen LogP contribution in [0.1, 0.15) is 35.8 Å². The lowest BCUT2D eigenvalue weighted by molar-refractivity contribution is -0.146. The van der Waals surface area contributed by atoms with E-state index in [1.807, 2.05) is 18.2 Å². The topological polar surface area (TPSA) is 103 Å². The Morgan fingerprint density at radius 1 is 1.19 bits per heavy atom. The molecule has 1 aliphatic rings. The van der Waals surface area contributed by atoms with Gasteiger partial charge in [0.2, 0.25) is 0 Å². The van der Waals surface area contributed by atoms with Crippen molar-refractivity contribution in [3.8, 4) is 11.4 Å². The van der Waals surface area contributed by atoms with Gasteiger partial charge in [-0.1, -0.05) is 30.3 Å². The van der Waals surface area contributed by atoms with Crippen LogP contribution in [0.15, 0.2) is 48.5 Å². The van der Waals surface area contributed by atoms with Gasteiger partial charge in [0.25, 0.3) is 5.82 Å². The van der Waals surface area contributed by atoms with Gasteiger partial charge >= 0.3 is 6.18 Å². The molecule has 170 valence electrons. The van der Waals surface area contributed by atoms with E-state index in [9.17, 15) is 13.2 Å². The standard InChI is InChI=1S/C21H24F3N7O/c22-21(23,24)20-28-29-30-31(20)16-8-9-18(32-13-25)15(11-16)12-27-17-7-4-10-26-19(17)14-5-2-1-3-6-14/h1-3,5-6,8-9,11,17,19,26-27H,4,7,10,12-13,25H2/t17-,19-/m0/s1. The molecule has 1 saturated heterocycles. The number of aromatic nitrogens is 4. The summed E-state index contributed by atoms with van der Waals surface area (Å²) in [6.07, 6.45) is -2.69. The van der Waals surface area contributed by atoms with E-state index in [2.05, 4.69) is 38.3 Å². The predicted molar refractivity (Wildman–Crippen MR) is 111 cm³/mol. The number of benzene rings is 2. The average molecular weight is 447 g/mol. The lowest BCUT2D eigenvalue weighted by Gasteiger charge is -2.34. The quantitative estimate of drug-likeness (QED) is 0.479. The Balaban J connectivity index is 1.58. The summed E-state index contributed by atoms with van der Waals surface area (Å²) in [7, 11) is 0. The molecular weight excluding hydrogens is 423 g/mol. The molecule has 3 aromatic rings. The van der Waals surface area contributed by atoms with Crippen LogP contribution in [-0.4, -0.2) is 39.5 Å². The molecule has 32 heavy (non-hydrogen) atoms. The first kappa shape index (κ1) is 22.2. The van der Waals surface area contributed by atoms with Crippen molar-refractivity contribution >= 4 is 0 Å². The molecule has 1 aromatic heterocycles. The van der Waals surface area contributed by atoms with E-state index in [4.69, 9.17) is 10.5 Å². The van der Waals surface area contributed by atoms with E-state index in [-0.39, 0.29) is 24.5 Å². The number of hydrogen-bond donors (Lipinski definition) is 3. The molecule has 0 spiro atoms. The maximum absolute atomic E-state index is 13.2. The number of nitrogens with zero attached hydrogens (tertiary/aromatic N) is 4. The van der Waals surface area contributed by atoms with Gasteiger partial charge in [-0.05, 0) is 53.6 Å². The second-order valence-electron chi connectivity index (χ2n) is 7.49. The number of halogens is 3. The maximum atomic E-state index is 13.2. The highest BCUT2D eigenvalue weighted by molar-refractivity contribution is 5.44. The fraction of sp³-hybridized carbons (Fsp3) is 0.381. The van der Waals surface area contributed by atoms with E-state index in [0.29, 0.717) is 22.5 Å². The highest BCUT2D eigenvalue weighted by Crippen LogP contribution is 2.30. The monoisotopic (exact) mass is 447 g/mol. The molecule has 0 amide bonds. The zero-order valence-electron chi connectivity index (χ0n) is 17.2. The van der Waals surface area contributed by atoms with Crippen molar-refractivity contribution < 1.29 is 17.9 Å². The predicted octanol–water partition coefficient (Wildman–Crippen LogP) is 2.56. The van der Waals surface area contributed by atoms with Gasteiger partial charge < -0.3 is 15.4 Å². The third kappa shape index (κ3) is 4.90. The molecule has 2 aromatic carbocycles. The summed E-state index contributed by atoms with van der Waals surface area (Å²) in [6, 6.07) is 15.0. The molecule has 4 N–H and O–H groups in total. The minimum absolute atomic E-state index is 0.0529. The first-order valence-corrected chi connectivity index (χ1v) is 10.3. The highest BCUT2D eigenvalue weighted by atomic mass is 19.4. The molecule has 0 aliphatic carbocycles. The van der Waals surface area contributed by atoms with E-state index in [1.54, 1.807) is 12.1 Å². The van der Waals surface area contributed by atoms with Gasteiger partial charge in [0.05, 0.1) is 5.69 Å². The molecule has 4 rings (SSSR count). The van der Waals surface area contributed by atoms with Crippen LogP contribution < -0.4 is 21.1 Å². The highest BCUT2D eigenvalue weighted by Gasteiger charge is 2.38. The number of hydrogen-bond acceptors (Lipinski definition) is 7. The summed E-state index contributed by atoms with van der Waals surface area (Å²) < 4.78 is 45.9. The van der Waals surface area contributed by atoms with Crippen molar-refractivity contribution in [1.82, 2.24) is 30.8 Å². The van der Waals surface area contributed by atoms with Crippen LogP contribution in [0, 0.1) is 0 Å². The van der Waals surface area contributed by atoms with Gasteiger partial charge in [-0.2, -0.15) is 17.9 Å². The first-order chi connectivity index (χ1) is 15.5. The Kier molecular flexibility index (Phi) is 6.68. The molecule has 1 aliphatic heterocycles. The second kappa shape index (κ2) is 9.63. The molecular formula is C21H24F3N7O. The van der Waals surface area contributed by atoms with Crippen LogP contribution in [0.4, 0.5) is 13.2 Å². The SMILES string of the molecule is NCOc1ccc(-n2nnnc2C(F)(F)F)cc1CN[C@H]1CCCN[C@H]1c1ccccc1. The normalized spacial score (nSPS) is 19.1. The Hall–Kier alpha value is -3.02. The van der Waals surface area contributed by atoms with E-state index < -0.39 is 12.0 Å². The minimum Gasteiger partial charge on any atom is -0.478 e. The fourth-order valence-electron chi connectivity index (χ4n) is 3.96. The fourth-order valence-corrected chi connectivity index (χ4v) is 3.96. The summed E-state index contributed by atoms with van der Waals surface area (Å²) in [5, 5.41) is 16.9. The zero-order chi connectivity index (χ0) is 22.6. The van der Waals surface area contributed by atoms with Crippen LogP contribution in [0.25, 0.3) is 5.69 Å². The van der Waals surface area contributed by atoms with Gasteiger partial charge in [0.15, 0.2) is 0 Å². The maximum Gasteiger partial charge on any atom is 0.453 e. The van der Waals surface area contributed by atoms with Crippen molar-refractivity contribution in [2.45, 2.75) is 37.6 Å². The Bertz CT molecular complexity index is 1030. The van der Waals surface area contributed by atoms with Gasteiger partial charge in [0, 0.05) is 24.2 Å². The number of nitrogens with one attached hydrogen (secondary N) is 2. The van der Waals surface area contributed by atoms with E-state index >= 15 is 0 Å². The zero-order valence-corrected chi connectivity index (χ0v) is 17.2. The smallest absolute Gasteiger partial charge is 0.453 e. The lowest BCUT2D eigenvalue weighted by atomic mass is 9.92. The Morgan fingerprint density at radius 2 is 2.00 bits per heavy atom. The molecule has 0 bridgehead atoms. The Morgan fingerprint density at radius 3 is 2.75 bits per heavy atom. The molecule has 0 radical (unpaired) electrons. The molecule has 2 atom stereocenters. The summed E-state index contributed by atoms with van der Waals surface area (Å²) in [5.41, 5.74) is 7.57. The number of ether oxygens (including phenoxy) is 1. The van der Waals surface area contributed by atoms with Crippen LogP contribution >= 0.6 is 0 Å². The summed E-state index contributed by atoms with van der Waals surface area (Å²) in [4.78, 5) is 0. The van der Waals surface area contributed by atoms with Crippen molar-refractivity contribution in [2.75, 3.05) is 13.3 Å². The third-order valence-electron chi connectivity index (χ3n) is 5.42. The average Bonchev–Trinajstić information content (AvgIpc) is 3.30. The van der Waals surface area contributed by atoms with Crippen LogP contribution in [0.2, 0.25) is 0 Å². The Labute approximate surface area is 182 Å². The number of rotatable bonds is 7. The molecule has 0 saturated carbocycles. The van der Waals surface area contributed by atoms with Crippen LogP contribution in [-0.2, 0) is 12.7 Å². The van der Waals surface area contributed by atoms with Crippen molar-refractivity contribution in [2.24, 2.45) is 5.73 Å². The summed E-state index contributed by atoms with van der Waals surface area (Å²) in [6.45, 7) is 1.25. The van der Waals surface area contributed by atoms with Gasteiger partial charge in [-0.15, -0.1) is 5.10 Å². The summed E-state index contributed by atoms with van der Waals surface area (Å²) >= 11 is 0. The van der Waals surface area contributed by atoms with Crippen molar-refractivity contribution in [1.29, 1.82) is 0 Å². The summed E-state index contributed by atoms with van der Waals surface area (Å²) in [5.74, 6) is -0.699. The van der Waals surface area contributed by atoms with Crippen LogP contribution in [0.5, 0.6) is 5.75 Å². The molecule has 0 unspecified atom stereocenters. The molecule has 8 nitrogen and oxygen atoms in total. The second-order valence-corrected chi connectivity index (χ2v) is 7.49. The molecule has 11 heteroatoms. The van der Waals surface area contributed by atoms with Gasteiger partial charge in [-0.3, -0.25) is 5.73 Å². The van der Waals surface area contributed by atoms with Crippen molar-refractivity contribution in [3.05, 3.63) is 65.5 Å². The van der Waals surface area contributed by atoms with E-state index in [1.165, 1.54) is 11.6 Å². The molecule has 2 heterocycles. The number of piperidine rings is 1. The number of nitrogens with two attached hydrogens (primary N) is 1. The van der Waals surface area contributed by atoms with Crippen molar-refractivity contribution in [3.63, 3.8) is 0 Å². The number of tetrazole rings is 1. The van der Waals surface area contributed by atoms with E-state index in [0.717, 1.165) is 19.4 Å². The number of alkyl halides is 3. The van der Waals surface area contributed by atoms with Gasteiger partial charge in [0.1, 0.15) is 12.5 Å². The van der Waals surface area contributed by atoms with Gasteiger partial charge in [-0.25, -0.2) is 0 Å².